The molecular weight excluding hydrogens is 363 g/mol. The van der Waals surface area contributed by atoms with E-state index in [1.54, 1.807) is 10.6 Å². The maximum atomic E-state index is 13.1. The molecule has 0 aliphatic rings. The third-order valence-electron chi connectivity index (χ3n) is 3.38. The van der Waals surface area contributed by atoms with Gasteiger partial charge in [0, 0.05) is 22.4 Å². The van der Waals surface area contributed by atoms with Crippen LogP contribution in [0.15, 0.2) is 53.3 Å². The van der Waals surface area contributed by atoms with Crippen molar-refractivity contribution in [2.45, 2.75) is 6.61 Å². The fraction of sp³-hybridized carbons (Fsp3) is 0.0588. The van der Waals surface area contributed by atoms with Crippen LogP contribution < -0.4 is 0 Å². The third-order valence-corrected chi connectivity index (χ3v) is 4.04. The highest BCUT2D eigenvalue weighted by atomic mass is 79.9. The molecule has 0 saturated carbocycles. The minimum Gasteiger partial charge on any atom is -0.457 e. The Balaban J connectivity index is 1.83. The molecule has 3 rings (SSSR count). The average Bonchev–Trinajstić information content (AvgIpc) is 2.90. The van der Waals surface area contributed by atoms with E-state index in [9.17, 15) is 14.4 Å². The molecular formula is C17H10BrFN2O2. The minimum atomic E-state index is -0.587. The summed E-state index contributed by atoms with van der Waals surface area (Å²) in [6, 6.07) is 11.4. The first-order valence-electron chi connectivity index (χ1n) is 6.71. The van der Waals surface area contributed by atoms with Crippen LogP contribution in [0, 0.1) is 17.1 Å². The summed E-state index contributed by atoms with van der Waals surface area (Å²) in [5.41, 5.74) is 2.07. The number of hydrogen-bond acceptors (Lipinski definition) is 3. The van der Waals surface area contributed by atoms with Gasteiger partial charge >= 0.3 is 5.97 Å². The number of hydrogen-bond donors (Lipinski definition) is 0. The number of benzene rings is 1. The van der Waals surface area contributed by atoms with Gasteiger partial charge in [0.1, 0.15) is 18.5 Å². The maximum absolute atomic E-state index is 13.1. The first-order valence-corrected chi connectivity index (χ1v) is 7.50. The first-order chi connectivity index (χ1) is 11.1. The Morgan fingerprint density at radius 2 is 2.17 bits per heavy atom. The van der Waals surface area contributed by atoms with E-state index in [0.717, 1.165) is 5.52 Å². The van der Waals surface area contributed by atoms with Gasteiger partial charge < -0.3 is 9.14 Å². The van der Waals surface area contributed by atoms with Crippen LogP contribution in [0.2, 0.25) is 0 Å². The van der Waals surface area contributed by atoms with Crippen LogP contribution in [0.3, 0.4) is 0 Å². The molecule has 3 aromatic rings. The smallest absolute Gasteiger partial charge is 0.339 e. The lowest BCUT2D eigenvalue weighted by molar-refractivity contribution is 0.0471. The molecule has 2 aromatic heterocycles. The summed E-state index contributed by atoms with van der Waals surface area (Å²) >= 11 is 3.13. The first kappa shape index (κ1) is 15.3. The SMILES string of the molecule is N#Cc1c(COC(=O)c2ccc(F)cc2Br)cn2ccccc12. The van der Waals surface area contributed by atoms with Gasteiger partial charge in [0.25, 0.3) is 0 Å². The van der Waals surface area contributed by atoms with Crippen LogP contribution in [0.25, 0.3) is 5.52 Å². The molecule has 2 heterocycles. The van der Waals surface area contributed by atoms with Crippen molar-refractivity contribution in [2.24, 2.45) is 0 Å². The van der Waals surface area contributed by atoms with E-state index < -0.39 is 11.8 Å². The largest absolute Gasteiger partial charge is 0.457 e. The molecule has 0 radical (unpaired) electrons. The molecule has 23 heavy (non-hydrogen) atoms. The van der Waals surface area contributed by atoms with Gasteiger partial charge in [-0.1, -0.05) is 6.07 Å². The molecule has 0 N–H and O–H groups in total. The Morgan fingerprint density at radius 3 is 2.91 bits per heavy atom. The molecule has 0 aliphatic carbocycles. The quantitative estimate of drug-likeness (QED) is 0.651. The van der Waals surface area contributed by atoms with Crippen LogP contribution in [-0.4, -0.2) is 10.4 Å². The summed E-state index contributed by atoms with van der Waals surface area (Å²) in [4.78, 5) is 12.1. The van der Waals surface area contributed by atoms with Crippen LogP contribution in [-0.2, 0) is 11.3 Å². The number of pyridine rings is 1. The summed E-state index contributed by atoms with van der Waals surface area (Å²) in [5.74, 6) is -1.03. The number of carbonyl (C=O) groups is 1. The molecule has 0 spiro atoms. The van der Waals surface area contributed by atoms with Gasteiger partial charge in [-0.2, -0.15) is 5.26 Å². The van der Waals surface area contributed by atoms with Crippen molar-refractivity contribution in [3.05, 3.63) is 75.8 Å². The Hall–Kier alpha value is -2.65. The molecule has 4 nitrogen and oxygen atoms in total. The maximum Gasteiger partial charge on any atom is 0.339 e. The number of rotatable bonds is 3. The molecule has 114 valence electrons. The van der Waals surface area contributed by atoms with Crippen molar-refractivity contribution in [2.75, 3.05) is 0 Å². The van der Waals surface area contributed by atoms with E-state index in [1.165, 1.54) is 18.2 Å². The summed E-state index contributed by atoms with van der Waals surface area (Å²) in [6.45, 7) is -0.0345. The molecule has 0 aliphatic heterocycles. The highest BCUT2D eigenvalue weighted by Crippen LogP contribution is 2.22. The van der Waals surface area contributed by atoms with Crippen molar-refractivity contribution in [1.82, 2.24) is 4.40 Å². The van der Waals surface area contributed by atoms with E-state index >= 15 is 0 Å². The second kappa shape index (κ2) is 6.23. The third kappa shape index (κ3) is 2.96. The van der Waals surface area contributed by atoms with Gasteiger partial charge in [0.05, 0.1) is 16.6 Å². The fourth-order valence-electron chi connectivity index (χ4n) is 2.29. The lowest BCUT2D eigenvalue weighted by Gasteiger charge is -2.05. The Labute approximate surface area is 139 Å². The van der Waals surface area contributed by atoms with Crippen LogP contribution in [0.4, 0.5) is 4.39 Å². The van der Waals surface area contributed by atoms with Crippen molar-refractivity contribution < 1.29 is 13.9 Å². The van der Waals surface area contributed by atoms with Gasteiger partial charge in [-0.25, -0.2) is 9.18 Å². The summed E-state index contributed by atoms with van der Waals surface area (Å²) in [6.07, 6.45) is 3.57. The van der Waals surface area contributed by atoms with Crippen molar-refractivity contribution >= 4 is 27.4 Å². The van der Waals surface area contributed by atoms with Crippen molar-refractivity contribution in [3.63, 3.8) is 0 Å². The fourth-order valence-corrected chi connectivity index (χ4v) is 2.80. The number of halogens is 2. The summed E-state index contributed by atoms with van der Waals surface area (Å²) < 4.78 is 20.4. The molecule has 0 saturated heterocycles. The summed E-state index contributed by atoms with van der Waals surface area (Å²) in [7, 11) is 0. The molecule has 0 unspecified atom stereocenters. The van der Waals surface area contributed by atoms with Crippen molar-refractivity contribution in [1.29, 1.82) is 5.26 Å². The topological polar surface area (TPSA) is 54.5 Å². The normalized spacial score (nSPS) is 10.5. The van der Waals surface area contributed by atoms with Gasteiger partial charge in [-0.05, 0) is 46.3 Å². The number of fused-ring (bicyclic) bond motifs is 1. The minimum absolute atomic E-state index is 0.0345. The van der Waals surface area contributed by atoms with E-state index in [0.29, 0.717) is 15.6 Å². The number of esters is 1. The van der Waals surface area contributed by atoms with Gasteiger partial charge in [0.15, 0.2) is 0 Å². The van der Waals surface area contributed by atoms with Crippen LogP contribution in [0.5, 0.6) is 0 Å². The van der Waals surface area contributed by atoms with Gasteiger partial charge in [-0.3, -0.25) is 0 Å². The van der Waals surface area contributed by atoms with E-state index in [4.69, 9.17) is 4.74 Å². The predicted molar refractivity (Wildman–Crippen MR) is 85.3 cm³/mol. The summed E-state index contributed by atoms with van der Waals surface area (Å²) in [5, 5.41) is 9.31. The number of nitriles is 1. The number of ether oxygens (including phenoxy) is 1. The second-order valence-electron chi connectivity index (χ2n) is 4.83. The highest BCUT2D eigenvalue weighted by Gasteiger charge is 2.15. The lowest BCUT2D eigenvalue weighted by atomic mass is 10.2. The zero-order valence-corrected chi connectivity index (χ0v) is 13.4. The van der Waals surface area contributed by atoms with Crippen LogP contribution in [0.1, 0.15) is 21.5 Å². The highest BCUT2D eigenvalue weighted by molar-refractivity contribution is 9.10. The number of nitrogens with zero attached hydrogens (tertiary/aromatic N) is 2. The zero-order chi connectivity index (χ0) is 16.4. The molecule has 1 aromatic carbocycles. The molecule has 0 bridgehead atoms. The Bertz CT molecular complexity index is 943. The molecule has 0 atom stereocenters. The number of aromatic nitrogens is 1. The average molecular weight is 373 g/mol. The Morgan fingerprint density at radius 1 is 1.35 bits per heavy atom. The number of carbonyl (C=O) groups excluding carboxylic acids is 1. The lowest BCUT2D eigenvalue weighted by Crippen LogP contribution is -2.06. The van der Waals surface area contributed by atoms with Crippen LogP contribution >= 0.6 is 15.9 Å². The predicted octanol–water partition coefficient (Wildman–Crippen LogP) is 4.07. The van der Waals surface area contributed by atoms with Gasteiger partial charge in [0.2, 0.25) is 0 Å². The van der Waals surface area contributed by atoms with E-state index in [2.05, 4.69) is 22.0 Å². The van der Waals surface area contributed by atoms with E-state index in [-0.39, 0.29) is 12.2 Å². The molecule has 0 amide bonds. The second-order valence-corrected chi connectivity index (χ2v) is 5.69. The molecule has 0 fully saturated rings. The zero-order valence-electron chi connectivity index (χ0n) is 11.8. The van der Waals surface area contributed by atoms with Crippen molar-refractivity contribution in [3.8, 4) is 6.07 Å². The standard InChI is InChI=1S/C17H10BrFN2O2/c18-15-7-12(19)4-5-13(15)17(22)23-10-11-9-21-6-2-1-3-16(21)14(11)8-20/h1-7,9H,10H2. The van der Waals surface area contributed by atoms with Gasteiger partial charge in [-0.15, -0.1) is 0 Å². The monoisotopic (exact) mass is 372 g/mol. The Kier molecular flexibility index (Phi) is 4.13. The van der Waals surface area contributed by atoms with E-state index in [1.807, 2.05) is 24.4 Å². The molecule has 6 heteroatoms.